The van der Waals surface area contributed by atoms with E-state index in [4.69, 9.17) is 5.11 Å². The lowest BCUT2D eigenvalue weighted by Crippen LogP contribution is -2.30. The standard InChI is InChI=1S/C11H17N5O3/c17-10(3-4-12-8-1-2-8)13-5-6-16-7-9(11(18)19)14-15-16/h7-8,12H,1-6H2,(H,13,17)(H,18,19). The van der Waals surface area contributed by atoms with E-state index in [1.54, 1.807) is 0 Å². The molecule has 0 atom stereocenters. The van der Waals surface area contributed by atoms with E-state index in [9.17, 15) is 9.59 Å². The number of rotatable bonds is 8. The van der Waals surface area contributed by atoms with Gasteiger partial charge in [-0.05, 0) is 12.8 Å². The summed E-state index contributed by atoms with van der Waals surface area (Å²) in [5, 5.41) is 21.8. The van der Waals surface area contributed by atoms with Gasteiger partial charge in [0.1, 0.15) is 0 Å². The summed E-state index contributed by atoms with van der Waals surface area (Å²) in [6.07, 6.45) is 4.21. The summed E-state index contributed by atoms with van der Waals surface area (Å²) < 4.78 is 1.40. The third kappa shape index (κ3) is 4.66. The van der Waals surface area contributed by atoms with Gasteiger partial charge in [0.05, 0.1) is 12.7 Å². The molecule has 1 aromatic rings. The third-order valence-electron chi connectivity index (χ3n) is 2.78. The number of amides is 1. The number of aromatic carboxylic acids is 1. The van der Waals surface area contributed by atoms with Crippen LogP contribution in [0.5, 0.6) is 0 Å². The minimum Gasteiger partial charge on any atom is -0.476 e. The number of nitrogens with one attached hydrogen (secondary N) is 2. The van der Waals surface area contributed by atoms with Gasteiger partial charge in [0.15, 0.2) is 5.69 Å². The van der Waals surface area contributed by atoms with Crippen LogP contribution in [0.4, 0.5) is 0 Å². The maximum Gasteiger partial charge on any atom is 0.358 e. The molecule has 1 aliphatic carbocycles. The summed E-state index contributed by atoms with van der Waals surface area (Å²) in [7, 11) is 0. The Morgan fingerprint density at radius 2 is 2.21 bits per heavy atom. The molecule has 8 nitrogen and oxygen atoms in total. The van der Waals surface area contributed by atoms with E-state index in [-0.39, 0.29) is 11.6 Å². The Hall–Kier alpha value is -1.96. The fourth-order valence-corrected chi connectivity index (χ4v) is 1.58. The van der Waals surface area contributed by atoms with Crippen LogP contribution >= 0.6 is 0 Å². The highest BCUT2D eigenvalue weighted by Gasteiger charge is 2.19. The predicted molar refractivity (Wildman–Crippen MR) is 65.6 cm³/mol. The predicted octanol–water partition coefficient (Wildman–Crippen LogP) is -0.765. The van der Waals surface area contributed by atoms with Crippen LogP contribution in [0.25, 0.3) is 0 Å². The Morgan fingerprint density at radius 1 is 1.42 bits per heavy atom. The highest BCUT2D eigenvalue weighted by Crippen LogP contribution is 2.18. The lowest BCUT2D eigenvalue weighted by atomic mass is 10.4. The zero-order chi connectivity index (χ0) is 13.7. The molecule has 1 aromatic heterocycles. The molecule has 1 aliphatic rings. The average Bonchev–Trinajstić information content (AvgIpc) is 3.05. The summed E-state index contributed by atoms with van der Waals surface area (Å²) in [5.74, 6) is -1.13. The smallest absolute Gasteiger partial charge is 0.358 e. The van der Waals surface area contributed by atoms with Crippen molar-refractivity contribution in [1.29, 1.82) is 0 Å². The van der Waals surface area contributed by atoms with Crippen LogP contribution < -0.4 is 10.6 Å². The van der Waals surface area contributed by atoms with E-state index in [0.29, 0.717) is 32.1 Å². The van der Waals surface area contributed by atoms with E-state index in [0.717, 1.165) is 0 Å². The maximum atomic E-state index is 11.5. The Balaban J connectivity index is 1.59. The normalized spacial score (nSPS) is 14.3. The van der Waals surface area contributed by atoms with Crippen molar-refractivity contribution >= 4 is 11.9 Å². The fourth-order valence-electron chi connectivity index (χ4n) is 1.58. The van der Waals surface area contributed by atoms with Gasteiger partial charge in [0, 0.05) is 25.6 Å². The second kappa shape index (κ2) is 6.28. The molecule has 0 bridgehead atoms. The van der Waals surface area contributed by atoms with Crippen molar-refractivity contribution in [3.05, 3.63) is 11.9 Å². The molecule has 0 spiro atoms. The average molecular weight is 267 g/mol. The van der Waals surface area contributed by atoms with Gasteiger partial charge in [-0.25, -0.2) is 9.48 Å². The molecule has 0 saturated heterocycles. The molecule has 2 rings (SSSR count). The summed E-state index contributed by atoms with van der Waals surface area (Å²) >= 11 is 0. The summed E-state index contributed by atoms with van der Waals surface area (Å²) in [6, 6.07) is 0.609. The first-order valence-corrected chi connectivity index (χ1v) is 6.28. The Labute approximate surface area is 110 Å². The van der Waals surface area contributed by atoms with Crippen molar-refractivity contribution in [3.8, 4) is 0 Å². The minimum absolute atomic E-state index is 0.0216. The van der Waals surface area contributed by atoms with Crippen LogP contribution in [-0.2, 0) is 11.3 Å². The van der Waals surface area contributed by atoms with Gasteiger partial charge in [-0.15, -0.1) is 5.10 Å². The molecule has 1 heterocycles. The number of aromatic nitrogens is 3. The van der Waals surface area contributed by atoms with Crippen LogP contribution in [0.15, 0.2) is 6.20 Å². The summed E-state index contributed by atoms with van der Waals surface area (Å²) in [6.45, 7) is 1.51. The summed E-state index contributed by atoms with van der Waals surface area (Å²) in [4.78, 5) is 22.0. The van der Waals surface area contributed by atoms with Gasteiger partial charge in [0.2, 0.25) is 5.91 Å². The van der Waals surface area contributed by atoms with E-state index in [2.05, 4.69) is 20.9 Å². The van der Waals surface area contributed by atoms with Crippen LogP contribution in [0.2, 0.25) is 0 Å². The largest absolute Gasteiger partial charge is 0.476 e. The molecular weight excluding hydrogens is 250 g/mol. The fraction of sp³-hybridized carbons (Fsp3) is 0.636. The third-order valence-corrected chi connectivity index (χ3v) is 2.78. The SMILES string of the molecule is O=C(CCNC1CC1)NCCn1cc(C(=O)O)nn1. The summed E-state index contributed by atoms with van der Waals surface area (Å²) in [5.41, 5.74) is -0.0973. The van der Waals surface area contributed by atoms with Crippen molar-refractivity contribution in [1.82, 2.24) is 25.6 Å². The lowest BCUT2D eigenvalue weighted by molar-refractivity contribution is -0.121. The molecule has 19 heavy (non-hydrogen) atoms. The van der Waals surface area contributed by atoms with Crippen molar-refractivity contribution in [2.45, 2.75) is 31.8 Å². The molecular formula is C11H17N5O3. The van der Waals surface area contributed by atoms with Crippen LogP contribution in [-0.4, -0.2) is 51.1 Å². The van der Waals surface area contributed by atoms with E-state index < -0.39 is 5.97 Å². The first kappa shape index (κ1) is 13.5. The first-order valence-electron chi connectivity index (χ1n) is 6.28. The topological polar surface area (TPSA) is 109 Å². The Morgan fingerprint density at radius 3 is 2.84 bits per heavy atom. The van der Waals surface area contributed by atoms with Crippen molar-refractivity contribution in [2.75, 3.05) is 13.1 Å². The zero-order valence-corrected chi connectivity index (χ0v) is 10.5. The van der Waals surface area contributed by atoms with Crippen molar-refractivity contribution in [2.24, 2.45) is 0 Å². The molecule has 0 aliphatic heterocycles. The molecule has 0 aromatic carbocycles. The van der Waals surface area contributed by atoms with Crippen molar-refractivity contribution < 1.29 is 14.7 Å². The molecule has 1 amide bonds. The molecule has 3 N–H and O–H groups in total. The van der Waals surface area contributed by atoms with Gasteiger partial charge in [0.25, 0.3) is 0 Å². The number of nitrogens with zero attached hydrogens (tertiary/aromatic N) is 3. The number of carboxylic acid groups (broad SMARTS) is 1. The Bertz CT molecular complexity index is 455. The van der Waals surface area contributed by atoms with Crippen LogP contribution in [0, 0.1) is 0 Å². The second-order valence-corrected chi connectivity index (χ2v) is 4.50. The van der Waals surface area contributed by atoms with E-state index in [1.165, 1.54) is 23.7 Å². The monoisotopic (exact) mass is 267 g/mol. The van der Waals surface area contributed by atoms with E-state index in [1.807, 2.05) is 0 Å². The quantitative estimate of drug-likeness (QED) is 0.571. The highest BCUT2D eigenvalue weighted by atomic mass is 16.4. The minimum atomic E-state index is -1.11. The lowest BCUT2D eigenvalue weighted by Gasteiger charge is -2.05. The number of carboxylic acids is 1. The molecule has 104 valence electrons. The van der Waals surface area contributed by atoms with Gasteiger partial charge in [-0.1, -0.05) is 5.21 Å². The maximum absolute atomic E-state index is 11.5. The van der Waals surface area contributed by atoms with Gasteiger partial charge >= 0.3 is 5.97 Å². The van der Waals surface area contributed by atoms with Crippen molar-refractivity contribution in [3.63, 3.8) is 0 Å². The van der Waals surface area contributed by atoms with Crippen LogP contribution in [0.1, 0.15) is 29.8 Å². The highest BCUT2D eigenvalue weighted by molar-refractivity contribution is 5.84. The second-order valence-electron chi connectivity index (χ2n) is 4.50. The molecule has 1 saturated carbocycles. The van der Waals surface area contributed by atoms with Gasteiger partial charge in [-0.2, -0.15) is 0 Å². The number of carbonyl (C=O) groups is 2. The molecule has 1 fully saturated rings. The zero-order valence-electron chi connectivity index (χ0n) is 10.5. The van der Waals surface area contributed by atoms with Crippen LogP contribution in [0.3, 0.4) is 0 Å². The number of hydrogen-bond donors (Lipinski definition) is 3. The first-order chi connectivity index (χ1) is 9.15. The molecule has 0 unspecified atom stereocenters. The number of hydrogen-bond acceptors (Lipinski definition) is 5. The number of carbonyl (C=O) groups excluding carboxylic acids is 1. The Kier molecular flexibility index (Phi) is 4.45. The van der Waals surface area contributed by atoms with Gasteiger partial charge < -0.3 is 15.7 Å². The van der Waals surface area contributed by atoms with Gasteiger partial charge in [-0.3, -0.25) is 4.79 Å². The molecule has 0 radical (unpaired) electrons. The molecule has 8 heteroatoms. The van der Waals surface area contributed by atoms with E-state index >= 15 is 0 Å².